The maximum absolute atomic E-state index is 5.49. The number of thiophene rings is 1. The van der Waals surface area contributed by atoms with Crippen molar-refractivity contribution >= 4 is 11.3 Å². The van der Waals surface area contributed by atoms with Crippen LogP contribution >= 0.6 is 11.3 Å². The van der Waals surface area contributed by atoms with Gasteiger partial charge in [0.2, 0.25) is 0 Å². The molecule has 1 aliphatic rings. The lowest BCUT2D eigenvalue weighted by Gasteiger charge is -2.04. The van der Waals surface area contributed by atoms with E-state index in [1.165, 1.54) is 0 Å². The molecule has 0 fully saturated rings. The Labute approximate surface area is 69.8 Å². The second-order valence-electron chi connectivity index (χ2n) is 2.83. The van der Waals surface area contributed by atoms with Crippen molar-refractivity contribution < 1.29 is 9.47 Å². The Hall–Kier alpha value is -0.700. The zero-order valence-electron chi connectivity index (χ0n) is 6.37. The SMILES string of the molecule is CC1COc2cscc2OC1. The van der Waals surface area contributed by atoms with Gasteiger partial charge in [-0.05, 0) is 0 Å². The molecule has 2 heterocycles. The van der Waals surface area contributed by atoms with Crippen LogP contribution in [0.2, 0.25) is 0 Å². The van der Waals surface area contributed by atoms with Crippen LogP contribution < -0.4 is 9.47 Å². The standard InChI is InChI=1S/C8H10O2S/c1-6-2-9-7-4-11-5-8(7)10-3-6/h4-6H,2-3H2,1H3. The van der Waals surface area contributed by atoms with Gasteiger partial charge in [-0.25, -0.2) is 0 Å². The van der Waals surface area contributed by atoms with Crippen LogP contribution in [0.3, 0.4) is 0 Å². The van der Waals surface area contributed by atoms with E-state index in [-0.39, 0.29) is 0 Å². The Balaban J connectivity index is 2.20. The zero-order valence-corrected chi connectivity index (χ0v) is 7.19. The molecule has 0 amide bonds. The van der Waals surface area contributed by atoms with Crippen LogP contribution in [0.25, 0.3) is 0 Å². The smallest absolute Gasteiger partial charge is 0.171 e. The monoisotopic (exact) mass is 170 g/mol. The highest BCUT2D eigenvalue weighted by atomic mass is 32.1. The van der Waals surface area contributed by atoms with Crippen LogP contribution in [0.15, 0.2) is 10.8 Å². The molecule has 1 aliphatic heterocycles. The maximum atomic E-state index is 5.49. The van der Waals surface area contributed by atoms with E-state index in [1.807, 2.05) is 10.8 Å². The Bertz CT molecular complexity index is 221. The molecule has 0 spiro atoms. The van der Waals surface area contributed by atoms with E-state index in [2.05, 4.69) is 6.92 Å². The van der Waals surface area contributed by atoms with Gasteiger partial charge in [0.1, 0.15) is 0 Å². The van der Waals surface area contributed by atoms with Crippen molar-refractivity contribution in [3.63, 3.8) is 0 Å². The first-order chi connectivity index (χ1) is 5.36. The molecule has 0 saturated heterocycles. The number of fused-ring (bicyclic) bond motifs is 1. The van der Waals surface area contributed by atoms with Gasteiger partial charge in [-0.3, -0.25) is 0 Å². The summed E-state index contributed by atoms with van der Waals surface area (Å²) in [6.07, 6.45) is 0. The molecule has 0 bridgehead atoms. The van der Waals surface area contributed by atoms with Gasteiger partial charge >= 0.3 is 0 Å². The minimum atomic E-state index is 0.493. The molecule has 1 aromatic rings. The summed E-state index contributed by atoms with van der Waals surface area (Å²) in [5.41, 5.74) is 0. The van der Waals surface area contributed by atoms with Crippen LogP contribution in [-0.2, 0) is 0 Å². The van der Waals surface area contributed by atoms with Crippen molar-refractivity contribution in [2.75, 3.05) is 13.2 Å². The highest BCUT2D eigenvalue weighted by Gasteiger charge is 2.14. The molecule has 0 radical (unpaired) electrons. The van der Waals surface area contributed by atoms with Gasteiger partial charge in [0, 0.05) is 16.7 Å². The van der Waals surface area contributed by atoms with Gasteiger partial charge < -0.3 is 9.47 Å². The Morgan fingerprint density at radius 1 is 1.27 bits per heavy atom. The fourth-order valence-corrected chi connectivity index (χ4v) is 1.68. The van der Waals surface area contributed by atoms with Crippen molar-refractivity contribution in [3.05, 3.63) is 10.8 Å². The molecule has 0 N–H and O–H groups in total. The fourth-order valence-electron chi connectivity index (χ4n) is 0.996. The van der Waals surface area contributed by atoms with Crippen molar-refractivity contribution in [2.24, 2.45) is 5.92 Å². The van der Waals surface area contributed by atoms with Crippen LogP contribution in [0.1, 0.15) is 6.92 Å². The average molecular weight is 170 g/mol. The van der Waals surface area contributed by atoms with Crippen molar-refractivity contribution in [1.82, 2.24) is 0 Å². The van der Waals surface area contributed by atoms with Crippen LogP contribution in [0, 0.1) is 5.92 Å². The van der Waals surface area contributed by atoms with E-state index in [1.54, 1.807) is 11.3 Å². The van der Waals surface area contributed by atoms with Gasteiger partial charge in [0.05, 0.1) is 13.2 Å². The normalized spacial score (nSPS) is 17.9. The van der Waals surface area contributed by atoms with Gasteiger partial charge in [-0.1, -0.05) is 6.92 Å². The number of ether oxygens (including phenoxy) is 2. The van der Waals surface area contributed by atoms with Gasteiger partial charge in [0.15, 0.2) is 11.5 Å². The minimum Gasteiger partial charge on any atom is -0.488 e. The lowest BCUT2D eigenvalue weighted by atomic mass is 10.2. The van der Waals surface area contributed by atoms with Crippen molar-refractivity contribution in [3.8, 4) is 11.5 Å². The lowest BCUT2D eigenvalue weighted by Crippen LogP contribution is -2.12. The second kappa shape index (κ2) is 2.74. The quantitative estimate of drug-likeness (QED) is 0.594. The first-order valence-corrected chi connectivity index (χ1v) is 4.62. The molecule has 2 rings (SSSR count). The molecule has 3 heteroatoms. The molecule has 0 saturated carbocycles. The third-order valence-corrected chi connectivity index (χ3v) is 2.34. The maximum Gasteiger partial charge on any atom is 0.171 e. The zero-order chi connectivity index (χ0) is 7.68. The lowest BCUT2D eigenvalue weighted by molar-refractivity contribution is 0.228. The molecule has 0 unspecified atom stereocenters. The van der Waals surface area contributed by atoms with E-state index >= 15 is 0 Å². The molecule has 0 atom stereocenters. The molecule has 11 heavy (non-hydrogen) atoms. The average Bonchev–Trinajstić information content (AvgIpc) is 2.38. The third-order valence-electron chi connectivity index (χ3n) is 1.64. The first kappa shape index (κ1) is 6.98. The molecule has 0 aromatic carbocycles. The molecule has 60 valence electrons. The van der Waals surface area contributed by atoms with Gasteiger partial charge in [0.25, 0.3) is 0 Å². The summed E-state index contributed by atoms with van der Waals surface area (Å²) < 4.78 is 11.0. The summed E-state index contributed by atoms with van der Waals surface area (Å²) in [5, 5.41) is 3.96. The second-order valence-corrected chi connectivity index (χ2v) is 3.57. The summed E-state index contributed by atoms with van der Waals surface area (Å²) in [5.74, 6) is 2.30. The van der Waals surface area contributed by atoms with Crippen molar-refractivity contribution in [1.29, 1.82) is 0 Å². The Kier molecular flexibility index (Phi) is 1.74. The summed E-state index contributed by atoms with van der Waals surface area (Å²) in [6.45, 7) is 3.66. The number of hydrogen-bond acceptors (Lipinski definition) is 3. The Morgan fingerprint density at radius 3 is 2.36 bits per heavy atom. The fraction of sp³-hybridized carbons (Fsp3) is 0.500. The van der Waals surface area contributed by atoms with Crippen LogP contribution in [0.4, 0.5) is 0 Å². The summed E-state index contributed by atoms with van der Waals surface area (Å²) in [4.78, 5) is 0. The van der Waals surface area contributed by atoms with Crippen molar-refractivity contribution in [2.45, 2.75) is 6.92 Å². The molecule has 2 nitrogen and oxygen atoms in total. The summed E-state index contributed by atoms with van der Waals surface area (Å²) in [6, 6.07) is 0. The predicted molar refractivity (Wildman–Crippen MR) is 44.5 cm³/mol. The van der Waals surface area contributed by atoms with E-state index in [0.717, 1.165) is 24.7 Å². The predicted octanol–water partition coefficient (Wildman–Crippen LogP) is 2.16. The van der Waals surface area contributed by atoms with E-state index in [0.29, 0.717) is 5.92 Å². The van der Waals surface area contributed by atoms with E-state index in [9.17, 15) is 0 Å². The first-order valence-electron chi connectivity index (χ1n) is 3.68. The Morgan fingerprint density at radius 2 is 1.82 bits per heavy atom. The largest absolute Gasteiger partial charge is 0.488 e. The molecule has 0 aliphatic carbocycles. The highest BCUT2D eigenvalue weighted by molar-refractivity contribution is 7.08. The topological polar surface area (TPSA) is 18.5 Å². The van der Waals surface area contributed by atoms with E-state index in [4.69, 9.17) is 9.47 Å². The summed E-state index contributed by atoms with van der Waals surface area (Å²) >= 11 is 1.62. The molecular formula is C8H10O2S. The molecular weight excluding hydrogens is 160 g/mol. The van der Waals surface area contributed by atoms with Gasteiger partial charge in [-0.2, -0.15) is 0 Å². The van der Waals surface area contributed by atoms with Crippen LogP contribution in [-0.4, -0.2) is 13.2 Å². The molecule has 1 aromatic heterocycles. The highest BCUT2D eigenvalue weighted by Crippen LogP contribution is 2.33. The third kappa shape index (κ3) is 1.33. The number of hydrogen-bond donors (Lipinski definition) is 0. The van der Waals surface area contributed by atoms with Gasteiger partial charge in [-0.15, -0.1) is 11.3 Å². The van der Waals surface area contributed by atoms with E-state index < -0.39 is 0 Å². The number of rotatable bonds is 0. The van der Waals surface area contributed by atoms with Crippen LogP contribution in [0.5, 0.6) is 11.5 Å². The summed E-state index contributed by atoms with van der Waals surface area (Å²) in [7, 11) is 0. The minimum absolute atomic E-state index is 0.493.